The van der Waals surface area contributed by atoms with E-state index in [4.69, 9.17) is 4.74 Å². The molecule has 2 N–H and O–H groups in total. The van der Waals surface area contributed by atoms with Gasteiger partial charge in [-0.2, -0.15) is 0 Å². The number of carboxylic acid groups (broad SMARTS) is 1. The van der Waals surface area contributed by atoms with E-state index in [2.05, 4.69) is 5.32 Å². The van der Waals surface area contributed by atoms with Crippen LogP contribution in [-0.2, 0) is 16.1 Å². The van der Waals surface area contributed by atoms with E-state index < -0.39 is 11.5 Å². The van der Waals surface area contributed by atoms with Crippen LogP contribution in [-0.4, -0.2) is 40.3 Å². The maximum Gasteiger partial charge on any atom is 0.329 e. The first kappa shape index (κ1) is 15.6. The molecule has 1 aliphatic heterocycles. The van der Waals surface area contributed by atoms with E-state index in [1.807, 2.05) is 31.4 Å². The fraction of sp³-hybridized carbons (Fsp3) is 0.600. The first-order valence-corrected chi connectivity index (χ1v) is 7.21. The van der Waals surface area contributed by atoms with Crippen molar-refractivity contribution in [2.75, 3.05) is 13.2 Å². The summed E-state index contributed by atoms with van der Waals surface area (Å²) < 4.78 is 7.24. The first-order chi connectivity index (χ1) is 9.91. The lowest BCUT2D eigenvalue weighted by Crippen LogP contribution is -2.57. The molecule has 2 heterocycles. The molecule has 0 radical (unpaired) electrons. The summed E-state index contributed by atoms with van der Waals surface area (Å²) in [7, 11) is 0. The molecule has 1 aliphatic rings. The minimum absolute atomic E-state index is 0.292. The Hall–Kier alpha value is -1.82. The van der Waals surface area contributed by atoms with Gasteiger partial charge < -0.3 is 19.7 Å². The number of aryl methyl sites for hydroxylation is 1. The molecule has 1 aromatic rings. The Morgan fingerprint density at radius 1 is 1.38 bits per heavy atom. The molecule has 1 saturated heterocycles. The molecule has 0 atom stereocenters. The van der Waals surface area contributed by atoms with Crippen molar-refractivity contribution in [2.24, 2.45) is 0 Å². The molecule has 1 amide bonds. The van der Waals surface area contributed by atoms with Gasteiger partial charge >= 0.3 is 5.97 Å². The number of aliphatic carboxylic acids is 1. The van der Waals surface area contributed by atoms with Crippen LogP contribution in [0.3, 0.4) is 0 Å². The molecule has 1 fully saturated rings. The van der Waals surface area contributed by atoms with Crippen molar-refractivity contribution in [2.45, 2.75) is 45.7 Å². The van der Waals surface area contributed by atoms with Crippen molar-refractivity contribution in [3.05, 3.63) is 23.0 Å². The number of rotatable bonds is 4. The normalized spacial score (nSPS) is 17.5. The molecule has 0 aromatic carbocycles. The standard InChI is InChI=1S/C15H22N2O4/c1-4-17-10(2)9-12(11(17)3)13(18)16-15(14(19)20)5-7-21-8-6-15/h9H,4-8H2,1-3H3,(H,16,18)(H,19,20). The Morgan fingerprint density at radius 2 is 2.00 bits per heavy atom. The molecular formula is C15H22N2O4. The number of carboxylic acids is 1. The molecular weight excluding hydrogens is 272 g/mol. The SMILES string of the molecule is CCn1c(C)cc(C(=O)NC2(C(=O)O)CCOCC2)c1C. The zero-order valence-corrected chi connectivity index (χ0v) is 12.7. The van der Waals surface area contributed by atoms with Gasteiger partial charge in [0.15, 0.2) is 0 Å². The van der Waals surface area contributed by atoms with Gasteiger partial charge in [0.1, 0.15) is 5.54 Å². The monoisotopic (exact) mass is 294 g/mol. The highest BCUT2D eigenvalue weighted by Crippen LogP contribution is 2.23. The smallest absolute Gasteiger partial charge is 0.329 e. The Bertz CT molecular complexity index is 556. The van der Waals surface area contributed by atoms with Gasteiger partial charge in [-0.3, -0.25) is 4.79 Å². The van der Waals surface area contributed by atoms with Crippen molar-refractivity contribution >= 4 is 11.9 Å². The Kier molecular flexibility index (Phi) is 4.37. The molecule has 0 spiro atoms. The minimum Gasteiger partial charge on any atom is -0.480 e. The zero-order chi connectivity index (χ0) is 15.6. The van der Waals surface area contributed by atoms with E-state index in [9.17, 15) is 14.7 Å². The van der Waals surface area contributed by atoms with Crippen molar-refractivity contribution in [1.82, 2.24) is 9.88 Å². The highest BCUT2D eigenvalue weighted by molar-refractivity contribution is 5.99. The van der Waals surface area contributed by atoms with Gasteiger partial charge in [-0.05, 0) is 26.8 Å². The van der Waals surface area contributed by atoms with E-state index in [1.165, 1.54) is 0 Å². The van der Waals surface area contributed by atoms with E-state index in [1.54, 1.807) is 0 Å². The molecule has 2 rings (SSSR count). The second-order valence-corrected chi connectivity index (χ2v) is 5.48. The third kappa shape index (κ3) is 2.81. The number of amides is 1. The van der Waals surface area contributed by atoms with Crippen LogP contribution in [0.2, 0.25) is 0 Å². The third-order valence-electron chi connectivity index (χ3n) is 4.24. The van der Waals surface area contributed by atoms with Crippen LogP contribution in [0.25, 0.3) is 0 Å². The largest absolute Gasteiger partial charge is 0.480 e. The van der Waals surface area contributed by atoms with Crippen LogP contribution >= 0.6 is 0 Å². The van der Waals surface area contributed by atoms with Crippen molar-refractivity contribution in [3.63, 3.8) is 0 Å². The highest BCUT2D eigenvalue weighted by atomic mass is 16.5. The van der Waals surface area contributed by atoms with Crippen LogP contribution in [0.4, 0.5) is 0 Å². The number of ether oxygens (including phenoxy) is 1. The Balaban J connectivity index is 2.26. The number of carbonyl (C=O) groups excluding carboxylic acids is 1. The van der Waals surface area contributed by atoms with E-state index in [-0.39, 0.29) is 5.91 Å². The van der Waals surface area contributed by atoms with Crippen LogP contribution in [0, 0.1) is 13.8 Å². The number of aromatic nitrogens is 1. The van der Waals surface area contributed by atoms with Crippen LogP contribution in [0.15, 0.2) is 6.07 Å². The summed E-state index contributed by atoms with van der Waals surface area (Å²) in [4.78, 5) is 24.1. The minimum atomic E-state index is -1.22. The van der Waals surface area contributed by atoms with Gasteiger partial charge in [0, 0.05) is 44.0 Å². The number of carbonyl (C=O) groups is 2. The molecule has 0 unspecified atom stereocenters. The average Bonchev–Trinajstić information content (AvgIpc) is 2.74. The molecule has 116 valence electrons. The molecule has 0 bridgehead atoms. The summed E-state index contributed by atoms with van der Waals surface area (Å²) in [6.07, 6.45) is 0.585. The lowest BCUT2D eigenvalue weighted by atomic mass is 9.89. The highest BCUT2D eigenvalue weighted by Gasteiger charge is 2.42. The number of nitrogens with zero attached hydrogens (tertiary/aromatic N) is 1. The summed E-state index contributed by atoms with van der Waals surface area (Å²) in [5, 5.41) is 12.2. The maximum atomic E-state index is 12.5. The van der Waals surface area contributed by atoms with Crippen molar-refractivity contribution in [3.8, 4) is 0 Å². The number of hydrogen-bond acceptors (Lipinski definition) is 3. The van der Waals surface area contributed by atoms with Gasteiger partial charge in [0.25, 0.3) is 5.91 Å². The summed E-state index contributed by atoms with van der Waals surface area (Å²) in [6.45, 7) is 7.31. The molecule has 6 heteroatoms. The van der Waals surface area contributed by atoms with E-state index in [0.29, 0.717) is 31.6 Å². The van der Waals surface area contributed by atoms with E-state index >= 15 is 0 Å². The summed E-state index contributed by atoms with van der Waals surface area (Å²) >= 11 is 0. The predicted molar refractivity (Wildman–Crippen MR) is 77.5 cm³/mol. The predicted octanol–water partition coefficient (Wildman–Crippen LogP) is 1.49. The fourth-order valence-corrected chi connectivity index (χ4v) is 2.91. The number of hydrogen-bond donors (Lipinski definition) is 2. The van der Waals surface area contributed by atoms with Gasteiger partial charge in [-0.1, -0.05) is 0 Å². The van der Waals surface area contributed by atoms with Gasteiger partial charge in [0.2, 0.25) is 0 Å². The van der Waals surface area contributed by atoms with Gasteiger partial charge in [0.05, 0.1) is 5.56 Å². The lowest BCUT2D eigenvalue weighted by Gasteiger charge is -2.33. The van der Waals surface area contributed by atoms with Crippen molar-refractivity contribution < 1.29 is 19.4 Å². The zero-order valence-electron chi connectivity index (χ0n) is 12.7. The topological polar surface area (TPSA) is 80.6 Å². The maximum absolute atomic E-state index is 12.5. The van der Waals surface area contributed by atoms with Gasteiger partial charge in [-0.25, -0.2) is 4.79 Å². The first-order valence-electron chi connectivity index (χ1n) is 7.21. The van der Waals surface area contributed by atoms with Crippen molar-refractivity contribution in [1.29, 1.82) is 0 Å². The molecule has 6 nitrogen and oxygen atoms in total. The quantitative estimate of drug-likeness (QED) is 0.881. The summed E-state index contributed by atoms with van der Waals surface area (Å²) in [6, 6.07) is 1.81. The van der Waals surface area contributed by atoms with E-state index in [0.717, 1.165) is 17.9 Å². The second-order valence-electron chi connectivity index (χ2n) is 5.48. The molecule has 1 aromatic heterocycles. The van der Waals surface area contributed by atoms with Gasteiger partial charge in [-0.15, -0.1) is 0 Å². The molecule has 21 heavy (non-hydrogen) atoms. The third-order valence-corrected chi connectivity index (χ3v) is 4.24. The number of nitrogens with one attached hydrogen (secondary N) is 1. The Morgan fingerprint density at radius 3 is 2.48 bits per heavy atom. The second kappa shape index (κ2) is 5.89. The van der Waals surface area contributed by atoms with Crippen LogP contribution in [0.5, 0.6) is 0 Å². The average molecular weight is 294 g/mol. The lowest BCUT2D eigenvalue weighted by molar-refractivity contribution is -0.148. The fourth-order valence-electron chi connectivity index (χ4n) is 2.91. The molecule has 0 aliphatic carbocycles. The molecule has 0 saturated carbocycles. The summed E-state index contributed by atoms with van der Waals surface area (Å²) in [5.41, 5.74) is 1.18. The Labute approximate surface area is 124 Å². The summed E-state index contributed by atoms with van der Waals surface area (Å²) in [5.74, 6) is -1.32. The van der Waals surface area contributed by atoms with Crippen LogP contribution in [0.1, 0.15) is 41.5 Å². The van der Waals surface area contributed by atoms with Crippen LogP contribution < -0.4 is 5.32 Å².